The second kappa shape index (κ2) is 7.94. The minimum atomic E-state index is -0.783. The highest BCUT2D eigenvalue weighted by Crippen LogP contribution is 2.38. The third-order valence-electron chi connectivity index (χ3n) is 6.02. The molecule has 0 aliphatic heterocycles. The van der Waals surface area contributed by atoms with E-state index in [-0.39, 0.29) is 11.6 Å². The lowest BCUT2D eigenvalue weighted by atomic mass is 9.71. The molecule has 3 rings (SSSR count). The first-order valence-electron chi connectivity index (χ1n) is 9.98. The number of ether oxygens (including phenoxy) is 2. The highest BCUT2D eigenvalue weighted by atomic mass is 16.5. The van der Waals surface area contributed by atoms with Crippen molar-refractivity contribution in [1.29, 1.82) is 0 Å². The van der Waals surface area contributed by atoms with Gasteiger partial charge in [0.05, 0.1) is 12.5 Å². The molecule has 0 N–H and O–H groups in total. The average molecular weight is 405 g/mol. The van der Waals surface area contributed by atoms with E-state index in [0.717, 1.165) is 10.8 Å². The number of carbonyl (C=O) groups is 2. The minimum Gasteiger partial charge on any atom is -0.497 e. The van der Waals surface area contributed by atoms with Crippen molar-refractivity contribution in [3.05, 3.63) is 71.8 Å². The van der Waals surface area contributed by atoms with Crippen molar-refractivity contribution >= 4 is 22.3 Å². The van der Waals surface area contributed by atoms with E-state index in [0.29, 0.717) is 22.6 Å². The van der Waals surface area contributed by atoms with Crippen LogP contribution in [0.4, 0.5) is 0 Å². The van der Waals surface area contributed by atoms with E-state index in [1.165, 1.54) is 0 Å². The lowest BCUT2D eigenvalue weighted by Crippen LogP contribution is -2.49. The fourth-order valence-corrected chi connectivity index (χ4v) is 3.31. The Labute approximate surface area is 177 Å². The van der Waals surface area contributed by atoms with Crippen LogP contribution in [0.15, 0.2) is 60.7 Å². The van der Waals surface area contributed by atoms with Gasteiger partial charge in [0, 0.05) is 11.1 Å². The summed E-state index contributed by atoms with van der Waals surface area (Å²) in [5.41, 5.74) is -0.248. The van der Waals surface area contributed by atoms with E-state index in [1.54, 1.807) is 38.3 Å². The molecule has 0 unspecified atom stereocenters. The van der Waals surface area contributed by atoms with Gasteiger partial charge < -0.3 is 9.47 Å². The molecule has 0 heterocycles. The molecule has 0 aromatic heterocycles. The minimum absolute atomic E-state index is 0.00189. The SMILES string of the molecule is COc1ccc(C(=O)C(C)(C)C(C)(C)Oc2ccc3cc(C(C)=O)ccc3c2)cc1. The molecule has 3 aromatic rings. The smallest absolute Gasteiger partial charge is 0.172 e. The molecule has 0 atom stereocenters. The summed E-state index contributed by atoms with van der Waals surface area (Å²) < 4.78 is 11.5. The lowest BCUT2D eigenvalue weighted by Gasteiger charge is -2.40. The zero-order valence-corrected chi connectivity index (χ0v) is 18.4. The van der Waals surface area contributed by atoms with Gasteiger partial charge in [0.1, 0.15) is 17.1 Å². The Morgan fingerprint density at radius 1 is 0.733 bits per heavy atom. The first kappa shape index (κ1) is 21.6. The Kier molecular flexibility index (Phi) is 5.71. The van der Waals surface area contributed by atoms with Crippen molar-refractivity contribution in [3.8, 4) is 11.5 Å². The lowest BCUT2D eigenvalue weighted by molar-refractivity contribution is -0.000603. The van der Waals surface area contributed by atoms with Crippen LogP contribution in [0.3, 0.4) is 0 Å². The highest BCUT2D eigenvalue weighted by molar-refractivity contribution is 6.01. The molecule has 0 aliphatic rings. The maximum Gasteiger partial charge on any atom is 0.172 e. The summed E-state index contributed by atoms with van der Waals surface area (Å²) in [5.74, 6) is 1.43. The van der Waals surface area contributed by atoms with Gasteiger partial charge in [0.25, 0.3) is 0 Å². The van der Waals surface area contributed by atoms with E-state index in [1.807, 2.05) is 64.1 Å². The maximum absolute atomic E-state index is 13.3. The van der Waals surface area contributed by atoms with Gasteiger partial charge in [0.15, 0.2) is 11.6 Å². The van der Waals surface area contributed by atoms with E-state index in [4.69, 9.17) is 9.47 Å². The molecule has 0 spiro atoms. The van der Waals surface area contributed by atoms with Crippen LogP contribution in [-0.2, 0) is 0 Å². The van der Waals surface area contributed by atoms with E-state index in [9.17, 15) is 9.59 Å². The van der Waals surface area contributed by atoms with Crippen molar-refractivity contribution in [3.63, 3.8) is 0 Å². The van der Waals surface area contributed by atoms with Gasteiger partial charge in [-0.15, -0.1) is 0 Å². The maximum atomic E-state index is 13.3. The predicted octanol–water partition coefficient (Wildman–Crippen LogP) is 6.12. The summed E-state index contributed by atoms with van der Waals surface area (Å²) >= 11 is 0. The number of rotatable bonds is 7. The topological polar surface area (TPSA) is 52.6 Å². The second-order valence-electron chi connectivity index (χ2n) is 8.57. The summed E-state index contributed by atoms with van der Waals surface area (Å²) in [6.45, 7) is 9.22. The van der Waals surface area contributed by atoms with Crippen LogP contribution in [0.1, 0.15) is 55.3 Å². The van der Waals surface area contributed by atoms with Crippen molar-refractivity contribution < 1.29 is 19.1 Å². The van der Waals surface area contributed by atoms with Crippen molar-refractivity contribution in [2.75, 3.05) is 7.11 Å². The van der Waals surface area contributed by atoms with Crippen LogP contribution >= 0.6 is 0 Å². The molecule has 0 radical (unpaired) electrons. The van der Waals surface area contributed by atoms with E-state index < -0.39 is 11.0 Å². The van der Waals surface area contributed by atoms with E-state index >= 15 is 0 Å². The number of Topliss-reactive ketones (excluding diaryl/α,β-unsaturated/α-hetero) is 2. The van der Waals surface area contributed by atoms with Crippen LogP contribution < -0.4 is 9.47 Å². The molecule has 0 fully saturated rings. The van der Waals surface area contributed by atoms with Gasteiger partial charge in [-0.05, 0) is 87.9 Å². The quantitative estimate of drug-likeness (QED) is 0.445. The Hall–Kier alpha value is -3.14. The molecular formula is C26H28O4. The first-order chi connectivity index (χ1) is 14.0. The van der Waals surface area contributed by atoms with Gasteiger partial charge in [-0.2, -0.15) is 0 Å². The molecular weight excluding hydrogens is 376 g/mol. The van der Waals surface area contributed by atoms with Crippen molar-refractivity contribution in [2.45, 2.75) is 40.2 Å². The van der Waals surface area contributed by atoms with Crippen LogP contribution in [0.5, 0.6) is 11.5 Å². The molecule has 0 amide bonds. The fourth-order valence-electron chi connectivity index (χ4n) is 3.31. The van der Waals surface area contributed by atoms with Gasteiger partial charge in [-0.1, -0.05) is 18.2 Å². The summed E-state index contributed by atoms with van der Waals surface area (Å²) in [6.07, 6.45) is 0. The number of hydrogen-bond donors (Lipinski definition) is 0. The monoisotopic (exact) mass is 404 g/mol. The standard InChI is InChI=1S/C26H28O4/c1-17(27)19-7-8-21-16-23(14-11-20(21)15-19)30-26(4,5)25(2,3)24(28)18-9-12-22(29-6)13-10-18/h7-16H,1-6H3. The first-order valence-corrected chi connectivity index (χ1v) is 9.98. The number of hydrogen-bond acceptors (Lipinski definition) is 4. The molecule has 4 heteroatoms. The summed E-state index contributed by atoms with van der Waals surface area (Å²) in [6, 6.07) is 18.5. The Morgan fingerprint density at radius 2 is 1.27 bits per heavy atom. The average Bonchev–Trinajstić information content (AvgIpc) is 2.72. The summed E-state index contributed by atoms with van der Waals surface area (Å²) in [7, 11) is 1.60. The molecule has 4 nitrogen and oxygen atoms in total. The Morgan fingerprint density at radius 3 is 1.87 bits per heavy atom. The largest absolute Gasteiger partial charge is 0.497 e. The van der Waals surface area contributed by atoms with Crippen LogP contribution in [-0.4, -0.2) is 24.3 Å². The molecule has 156 valence electrons. The molecule has 0 saturated carbocycles. The fraction of sp³-hybridized carbons (Fsp3) is 0.308. The Bertz CT molecular complexity index is 1090. The third-order valence-corrected chi connectivity index (χ3v) is 6.02. The van der Waals surface area contributed by atoms with Crippen molar-refractivity contribution in [2.24, 2.45) is 5.41 Å². The molecule has 0 bridgehead atoms. The third kappa shape index (κ3) is 4.09. The number of methoxy groups -OCH3 is 1. The molecule has 3 aromatic carbocycles. The predicted molar refractivity (Wildman–Crippen MR) is 120 cm³/mol. The van der Waals surface area contributed by atoms with Gasteiger partial charge >= 0.3 is 0 Å². The number of benzene rings is 3. The van der Waals surface area contributed by atoms with Crippen LogP contribution in [0, 0.1) is 5.41 Å². The zero-order chi connectivity index (χ0) is 22.1. The molecule has 30 heavy (non-hydrogen) atoms. The van der Waals surface area contributed by atoms with Crippen molar-refractivity contribution in [1.82, 2.24) is 0 Å². The normalized spacial score (nSPS) is 11.9. The Balaban J connectivity index is 1.86. The highest BCUT2D eigenvalue weighted by Gasteiger charge is 2.45. The number of fused-ring (bicyclic) bond motifs is 1. The second-order valence-corrected chi connectivity index (χ2v) is 8.57. The number of carbonyl (C=O) groups excluding carboxylic acids is 2. The van der Waals surface area contributed by atoms with Gasteiger partial charge in [0.2, 0.25) is 0 Å². The zero-order valence-electron chi connectivity index (χ0n) is 18.4. The molecule has 0 aliphatic carbocycles. The summed E-state index contributed by atoms with van der Waals surface area (Å²) in [4.78, 5) is 24.9. The van der Waals surface area contributed by atoms with Gasteiger partial charge in [-0.25, -0.2) is 0 Å². The number of ketones is 2. The van der Waals surface area contributed by atoms with E-state index in [2.05, 4.69) is 0 Å². The van der Waals surface area contributed by atoms with Gasteiger partial charge in [-0.3, -0.25) is 9.59 Å². The van der Waals surface area contributed by atoms with Crippen LogP contribution in [0.25, 0.3) is 10.8 Å². The summed E-state index contributed by atoms with van der Waals surface area (Å²) in [5, 5.41) is 1.95. The molecule has 0 saturated heterocycles. The van der Waals surface area contributed by atoms with Crippen LogP contribution in [0.2, 0.25) is 0 Å².